The number of hydrogen-bond donors (Lipinski definition) is 1. The number of nitrogens with one attached hydrogen (secondary N) is 1. The number of hydrogen-bond acceptors (Lipinski definition) is 4. The van der Waals surface area contributed by atoms with Gasteiger partial charge in [-0.2, -0.15) is 5.10 Å². The molecule has 160 valence electrons. The van der Waals surface area contributed by atoms with E-state index >= 15 is 0 Å². The molecule has 1 unspecified atom stereocenters. The largest absolute Gasteiger partial charge is 0.444 e. The number of fused-ring (bicyclic) bond motifs is 1. The molecule has 1 fully saturated rings. The zero-order valence-corrected chi connectivity index (χ0v) is 19.3. The van der Waals surface area contributed by atoms with E-state index in [1.807, 2.05) is 56.6 Å². The Balaban J connectivity index is 1.54. The van der Waals surface area contributed by atoms with Crippen LogP contribution in [0.2, 0.25) is 0 Å². The number of ether oxygens (including phenoxy) is 1. The van der Waals surface area contributed by atoms with Crippen molar-refractivity contribution in [2.45, 2.75) is 70.8 Å². The van der Waals surface area contributed by atoms with E-state index in [0.29, 0.717) is 18.7 Å². The van der Waals surface area contributed by atoms with Gasteiger partial charge in [0.15, 0.2) is 0 Å². The minimum absolute atomic E-state index is 0.0698. The number of carbonyl (C=O) groups is 2. The van der Waals surface area contributed by atoms with E-state index in [9.17, 15) is 9.59 Å². The van der Waals surface area contributed by atoms with Crippen LogP contribution >= 0.6 is 15.9 Å². The van der Waals surface area contributed by atoms with Crippen molar-refractivity contribution < 1.29 is 14.3 Å². The summed E-state index contributed by atoms with van der Waals surface area (Å²) >= 11 is 3.51. The Bertz CT molecular complexity index is 991. The Labute approximate surface area is 184 Å². The number of benzene rings is 1. The minimum Gasteiger partial charge on any atom is -0.444 e. The molecule has 0 radical (unpaired) electrons. The van der Waals surface area contributed by atoms with Crippen molar-refractivity contribution in [1.82, 2.24) is 20.0 Å². The lowest BCUT2D eigenvalue weighted by atomic mass is 10.0. The van der Waals surface area contributed by atoms with Gasteiger partial charge in [-0.3, -0.25) is 14.4 Å². The van der Waals surface area contributed by atoms with Crippen LogP contribution in [0.5, 0.6) is 0 Å². The number of amides is 2. The van der Waals surface area contributed by atoms with Gasteiger partial charge in [0.05, 0.1) is 42.1 Å². The Kier molecular flexibility index (Phi) is 5.16. The lowest BCUT2D eigenvalue weighted by Gasteiger charge is -2.35. The molecule has 0 saturated heterocycles. The van der Waals surface area contributed by atoms with Crippen molar-refractivity contribution in [3.05, 3.63) is 51.8 Å². The molecular weight excluding hydrogens is 448 g/mol. The molecule has 2 aliphatic rings. The summed E-state index contributed by atoms with van der Waals surface area (Å²) in [6.07, 6.45) is 3.04. The van der Waals surface area contributed by atoms with Crippen molar-refractivity contribution in [1.29, 1.82) is 0 Å². The maximum absolute atomic E-state index is 13.2. The second-order valence-electron chi connectivity index (χ2n) is 9.19. The van der Waals surface area contributed by atoms with Crippen LogP contribution < -0.4 is 5.32 Å². The van der Waals surface area contributed by atoms with Crippen LogP contribution in [0.15, 0.2) is 34.9 Å². The molecule has 2 aromatic rings. The highest BCUT2D eigenvalue weighted by Gasteiger charge is 2.46. The van der Waals surface area contributed by atoms with Gasteiger partial charge in [-0.25, -0.2) is 4.79 Å². The third-order valence-electron chi connectivity index (χ3n) is 5.59. The normalized spacial score (nSPS) is 19.8. The fourth-order valence-corrected chi connectivity index (χ4v) is 4.24. The molecule has 4 rings (SSSR count). The molecule has 0 spiro atoms. The summed E-state index contributed by atoms with van der Waals surface area (Å²) in [6, 6.07) is 7.97. The summed E-state index contributed by atoms with van der Waals surface area (Å²) < 4.78 is 8.36. The first-order chi connectivity index (χ1) is 14.1. The Morgan fingerprint density at radius 3 is 2.67 bits per heavy atom. The first-order valence-electron chi connectivity index (χ1n) is 10.2. The maximum atomic E-state index is 13.2. The van der Waals surface area contributed by atoms with Crippen molar-refractivity contribution >= 4 is 27.9 Å². The van der Waals surface area contributed by atoms with E-state index in [2.05, 4.69) is 26.3 Å². The molecule has 1 aromatic heterocycles. The van der Waals surface area contributed by atoms with Crippen molar-refractivity contribution in [2.75, 3.05) is 0 Å². The van der Waals surface area contributed by atoms with Crippen LogP contribution in [-0.2, 0) is 23.4 Å². The first-order valence-corrected chi connectivity index (χ1v) is 11.0. The van der Waals surface area contributed by atoms with E-state index in [4.69, 9.17) is 4.74 Å². The van der Waals surface area contributed by atoms with E-state index in [1.54, 1.807) is 11.1 Å². The Hall–Kier alpha value is -2.35. The maximum Gasteiger partial charge on any atom is 0.410 e. The molecule has 0 bridgehead atoms. The highest BCUT2D eigenvalue weighted by atomic mass is 79.9. The molecule has 7 nitrogen and oxygen atoms in total. The second-order valence-corrected chi connectivity index (χ2v) is 10.1. The summed E-state index contributed by atoms with van der Waals surface area (Å²) in [5.74, 6) is -0.160. The molecule has 1 aliphatic heterocycles. The average molecular weight is 475 g/mol. The van der Waals surface area contributed by atoms with E-state index in [1.165, 1.54) is 0 Å². The zero-order chi connectivity index (χ0) is 21.7. The first kappa shape index (κ1) is 20.9. The predicted molar refractivity (Wildman–Crippen MR) is 116 cm³/mol. The van der Waals surface area contributed by atoms with Crippen molar-refractivity contribution in [3.8, 4) is 0 Å². The summed E-state index contributed by atoms with van der Waals surface area (Å²) in [4.78, 5) is 27.5. The predicted octanol–water partition coefficient (Wildman–Crippen LogP) is 4.20. The zero-order valence-electron chi connectivity index (χ0n) is 17.7. The Morgan fingerprint density at radius 1 is 1.30 bits per heavy atom. The lowest BCUT2D eigenvalue weighted by Crippen LogP contribution is -2.47. The van der Waals surface area contributed by atoms with Gasteiger partial charge in [0.25, 0.3) is 5.91 Å². The number of halogens is 1. The number of rotatable bonds is 3. The van der Waals surface area contributed by atoms with Gasteiger partial charge in [-0.05, 0) is 58.2 Å². The lowest BCUT2D eigenvalue weighted by molar-refractivity contribution is 0.00891. The fourth-order valence-electron chi connectivity index (χ4n) is 3.84. The van der Waals surface area contributed by atoms with Crippen LogP contribution in [0.25, 0.3) is 0 Å². The molecule has 1 N–H and O–H groups in total. The molecule has 1 aromatic carbocycles. The number of carbonyl (C=O) groups excluding carboxylic acids is 2. The summed E-state index contributed by atoms with van der Waals surface area (Å²) in [6.45, 7) is 8.32. The second kappa shape index (κ2) is 7.41. The van der Waals surface area contributed by atoms with E-state index in [-0.39, 0.29) is 23.6 Å². The van der Waals surface area contributed by atoms with Crippen LogP contribution in [0, 0.1) is 0 Å². The van der Waals surface area contributed by atoms with Gasteiger partial charge in [-0.15, -0.1) is 0 Å². The molecule has 2 amide bonds. The molecule has 1 aliphatic carbocycles. The molecule has 1 saturated carbocycles. The van der Waals surface area contributed by atoms with Crippen LogP contribution in [0.4, 0.5) is 4.79 Å². The number of nitrogens with zero attached hydrogens (tertiary/aromatic N) is 3. The summed E-state index contributed by atoms with van der Waals surface area (Å²) in [5, 5.41) is 7.61. The smallest absolute Gasteiger partial charge is 0.410 e. The standard InChI is InChI=1S/C22H27BrN4O3/c1-14-12-27-18(13-26(14)20(29)30-21(2,3)4)17(11-24-27)19(28)25-22(8-9-22)15-6-5-7-16(23)10-15/h5-7,10-11,14H,8-9,12-13H2,1-4H3,(H,25,28). The van der Waals surface area contributed by atoms with Gasteiger partial charge in [0.2, 0.25) is 0 Å². The third-order valence-corrected chi connectivity index (χ3v) is 6.08. The van der Waals surface area contributed by atoms with Gasteiger partial charge < -0.3 is 10.1 Å². The van der Waals surface area contributed by atoms with Gasteiger partial charge in [0, 0.05) is 4.47 Å². The average Bonchev–Trinajstić information content (AvgIpc) is 3.31. The topological polar surface area (TPSA) is 76.5 Å². The number of aromatic nitrogens is 2. The third kappa shape index (κ3) is 4.10. The van der Waals surface area contributed by atoms with Crippen LogP contribution in [-0.4, -0.2) is 38.3 Å². The quantitative estimate of drug-likeness (QED) is 0.722. The van der Waals surface area contributed by atoms with Crippen LogP contribution in [0.3, 0.4) is 0 Å². The molecule has 30 heavy (non-hydrogen) atoms. The molecule has 2 heterocycles. The van der Waals surface area contributed by atoms with Crippen molar-refractivity contribution in [3.63, 3.8) is 0 Å². The SMILES string of the molecule is CC1Cn2ncc(C(=O)NC3(c4cccc(Br)c4)CC3)c2CN1C(=O)OC(C)(C)C. The minimum atomic E-state index is -0.572. The molecular formula is C22H27BrN4O3. The highest BCUT2D eigenvalue weighted by Crippen LogP contribution is 2.46. The summed E-state index contributed by atoms with van der Waals surface area (Å²) in [7, 11) is 0. The molecule has 8 heteroatoms. The monoisotopic (exact) mass is 474 g/mol. The van der Waals surface area contributed by atoms with E-state index in [0.717, 1.165) is 28.6 Å². The van der Waals surface area contributed by atoms with Gasteiger partial charge in [-0.1, -0.05) is 28.1 Å². The Morgan fingerprint density at radius 2 is 2.03 bits per heavy atom. The fraction of sp³-hybridized carbons (Fsp3) is 0.500. The summed E-state index contributed by atoms with van der Waals surface area (Å²) in [5.41, 5.74) is 1.44. The van der Waals surface area contributed by atoms with Crippen molar-refractivity contribution in [2.24, 2.45) is 0 Å². The molecule has 1 atom stereocenters. The van der Waals surface area contributed by atoms with Gasteiger partial charge in [0.1, 0.15) is 5.60 Å². The van der Waals surface area contributed by atoms with Crippen LogP contribution in [0.1, 0.15) is 62.2 Å². The highest BCUT2D eigenvalue weighted by molar-refractivity contribution is 9.10. The van der Waals surface area contributed by atoms with Gasteiger partial charge >= 0.3 is 6.09 Å². The van der Waals surface area contributed by atoms with E-state index < -0.39 is 5.60 Å².